The Morgan fingerprint density at radius 1 is 0.357 bits per heavy atom. The SMILES string of the molecule is CC/C=C\C/C=C\C/C=C\C/C=C\C/C=C\CCCCCCCCCCCCCCCCCCCCCCCC(=O)NC(CO)C(O)/C=C/CC/C=C/CC/C=C/CCCCCCCCCCCCC. The van der Waals surface area contributed by atoms with E-state index in [1.54, 1.807) is 6.08 Å². The van der Waals surface area contributed by atoms with Gasteiger partial charge < -0.3 is 15.5 Å². The summed E-state index contributed by atoms with van der Waals surface area (Å²) in [6.45, 7) is 4.19. The highest BCUT2D eigenvalue weighted by atomic mass is 16.3. The van der Waals surface area contributed by atoms with E-state index in [-0.39, 0.29) is 12.5 Å². The summed E-state index contributed by atoms with van der Waals surface area (Å²) in [6, 6.07) is -0.649. The molecule has 0 saturated heterocycles. The minimum Gasteiger partial charge on any atom is -0.394 e. The van der Waals surface area contributed by atoms with E-state index in [1.165, 1.54) is 205 Å². The second-order valence-electron chi connectivity index (χ2n) is 20.4. The second-order valence-corrected chi connectivity index (χ2v) is 20.4. The first-order valence-electron chi connectivity index (χ1n) is 30.5. The number of aliphatic hydroxyl groups is 2. The second kappa shape index (κ2) is 60.6. The van der Waals surface area contributed by atoms with Gasteiger partial charge in [-0.2, -0.15) is 0 Å². The van der Waals surface area contributed by atoms with Crippen LogP contribution in [0.25, 0.3) is 0 Å². The fraction of sp³-hybridized carbons (Fsp3) is 0.742. The molecule has 70 heavy (non-hydrogen) atoms. The van der Waals surface area contributed by atoms with Crippen molar-refractivity contribution in [3.05, 3.63) is 97.2 Å². The summed E-state index contributed by atoms with van der Waals surface area (Å²) in [4.78, 5) is 12.5. The van der Waals surface area contributed by atoms with E-state index in [4.69, 9.17) is 0 Å². The van der Waals surface area contributed by atoms with Gasteiger partial charge in [-0.3, -0.25) is 4.79 Å². The molecule has 2 unspecified atom stereocenters. The van der Waals surface area contributed by atoms with Crippen LogP contribution >= 0.6 is 0 Å². The van der Waals surface area contributed by atoms with E-state index in [9.17, 15) is 15.0 Å². The lowest BCUT2D eigenvalue weighted by Crippen LogP contribution is -2.45. The van der Waals surface area contributed by atoms with Crippen LogP contribution in [0.2, 0.25) is 0 Å². The summed E-state index contributed by atoms with van der Waals surface area (Å²) in [5.41, 5.74) is 0. The van der Waals surface area contributed by atoms with Crippen LogP contribution in [0, 0.1) is 0 Å². The molecule has 0 aliphatic rings. The average molecular weight is 973 g/mol. The highest BCUT2D eigenvalue weighted by Crippen LogP contribution is 2.17. The Hall–Kier alpha value is -2.69. The zero-order valence-corrected chi connectivity index (χ0v) is 46.5. The van der Waals surface area contributed by atoms with Crippen LogP contribution in [0.1, 0.15) is 296 Å². The number of aliphatic hydroxyl groups excluding tert-OH is 2. The lowest BCUT2D eigenvalue weighted by Gasteiger charge is -2.19. The van der Waals surface area contributed by atoms with Crippen LogP contribution in [0.5, 0.6) is 0 Å². The van der Waals surface area contributed by atoms with Gasteiger partial charge in [0.2, 0.25) is 5.91 Å². The molecule has 0 aromatic heterocycles. The molecular formula is C66H117NO3. The lowest BCUT2D eigenvalue weighted by molar-refractivity contribution is -0.123. The molecule has 0 radical (unpaired) electrons. The van der Waals surface area contributed by atoms with E-state index in [0.717, 1.165) is 70.6 Å². The first-order valence-corrected chi connectivity index (χ1v) is 30.5. The molecule has 0 fully saturated rings. The van der Waals surface area contributed by atoms with Crippen LogP contribution in [0.4, 0.5) is 0 Å². The Bertz CT molecular complexity index is 1290. The first-order chi connectivity index (χ1) is 34.7. The fourth-order valence-electron chi connectivity index (χ4n) is 8.95. The van der Waals surface area contributed by atoms with E-state index in [0.29, 0.717) is 6.42 Å². The molecule has 4 heteroatoms. The molecular weight excluding hydrogens is 855 g/mol. The van der Waals surface area contributed by atoms with Gasteiger partial charge in [-0.15, -0.1) is 0 Å². The number of unbranched alkanes of at least 4 members (excludes halogenated alkanes) is 34. The molecule has 1 amide bonds. The number of amides is 1. The molecule has 0 aliphatic heterocycles. The van der Waals surface area contributed by atoms with Crippen molar-refractivity contribution >= 4 is 5.91 Å². The van der Waals surface area contributed by atoms with E-state index >= 15 is 0 Å². The molecule has 3 N–H and O–H groups in total. The maximum Gasteiger partial charge on any atom is 0.220 e. The van der Waals surface area contributed by atoms with Gasteiger partial charge in [0.05, 0.1) is 18.8 Å². The summed E-state index contributed by atoms with van der Waals surface area (Å²) in [7, 11) is 0. The highest BCUT2D eigenvalue weighted by molar-refractivity contribution is 5.76. The van der Waals surface area contributed by atoms with E-state index in [1.807, 2.05) is 6.08 Å². The van der Waals surface area contributed by atoms with Crippen molar-refractivity contribution in [3.8, 4) is 0 Å². The molecule has 4 nitrogen and oxygen atoms in total. The van der Waals surface area contributed by atoms with Crippen molar-refractivity contribution in [2.24, 2.45) is 0 Å². The normalized spacial score (nSPS) is 13.5. The van der Waals surface area contributed by atoms with E-state index < -0.39 is 12.1 Å². The molecule has 404 valence electrons. The number of carbonyl (C=O) groups is 1. The number of hydrogen-bond acceptors (Lipinski definition) is 3. The number of rotatable bonds is 55. The van der Waals surface area contributed by atoms with Gasteiger partial charge in [0.25, 0.3) is 0 Å². The molecule has 0 saturated carbocycles. The predicted molar refractivity (Wildman–Crippen MR) is 313 cm³/mol. The van der Waals surface area contributed by atoms with Gasteiger partial charge >= 0.3 is 0 Å². The number of carbonyl (C=O) groups excluding carboxylic acids is 1. The van der Waals surface area contributed by atoms with Crippen molar-refractivity contribution < 1.29 is 15.0 Å². The standard InChI is InChI=1S/C66H117NO3/c1-3-5-7-9-11-13-15-17-19-21-23-25-26-27-28-29-30-31-32-33-34-35-36-37-38-39-40-42-44-46-48-50-52-54-56-58-60-62-66(70)67-64(63-68)65(69)61-59-57-55-53-51-49-47-45-43-41-24-22-20-18-16-14-12-10-8-6-4-2/h5,7,11,13,17,19,23,25,27-28,43,45,51,53,59,61,64-65,68-69H,3-4,6,8-10,12,14-16,18,20-22,24,26,29-42,44,46-50,52,54-58,60,62-63H2,1-2H3,(H,67,70)/b7-5-,13-11-,19-17-,25-23-,28-27-,45-43+,53-51+,61-59+. The molecule has 0 aliphatic carbocycles. The minimum absolute atomic E-state index is 0.0761. The summed E-state index contributed by atoms with van der Waals surface area (Å²) < 4.78 is 0. The summed E-state index contributed by atoms with van der Waals surface area (Å²) in [6.07, 6.45) is 90.2. The van der Waals surface area contributed by atoms with Gasteiger partial charge in [0.15, 0.2) is 0 Å². The number of hydrogen-bond donors (Lipinski definition) is 3. The Balaban J connectivity index is 3.51. The first kappa shape index (κ1) is 67.3. The number of nitrogens with one attached hydrogen (secondary N) is 1. The van der Waals surface area contributed by atoms with Crippen LogP contribution in [-0.2, 0) is 4.79 Å². The Labute approximate surface area is 436 Å². The Kier molecular flexibility index (Phi) is 58.3. The summed E-state index contributed by atoms with van der Waals surface area (Å²) in [5.74, 6) is -0.0761. The zero-order chi connectivity index (χ0) is 50.6. The topological polar surface area (TPSA) is 69.6 Å². The van der Waals surface area contributed by atoms with Crippen molar-refractivity contribution in [2.75, 3.05) is 6.61 Å². The average Bonchev–Trinajstić information content (AvgIpc) is 3.36. The predicted octanol–water partition coefficient (Wildman–Crippen LogP) is 20.5. The molecule has 0 spiro atoms. The molecule has 0 aromatic carbocycles. The van der Waals surface area contributed by atoms with Crippen LogP contribution < -0.4 is 5.32 Å². The smallest absolute Gasteiger partial charge is 0.220 e. The van der Waals surface area contributed by atoms with Crippen molar-refractivity contribution in [1.82, 2.24) is 5.32 Å². The third-order valence-electron chi connectivity index (χ3n) is 13.5. The molecule has 2 atom stereocenters. The summed E-state index contributed by atoms with van der Waals surface area (Å²) >= 11 is 0. The van der Waals surface area contributed by atoms with Gasteiger partial charge in [0.1, 0.15) is 0 Å². The Morgan fingerprint density at radius 2 is 0.643 bits per heavy atom. The maximum atomic E-state index is 12.5. The van der Waals surface area contributed by atoms with E-state index in [2.05, 4.69) is 104 Å². The summed E-state index contributed by atoms with van der Waals surface area (Å²) in [5, 5.41) is 23.2. The van der Waals surface area contributed by atoms with Crippen LogP contribution in [0.3, 0.4) is 0 Å². The maximum absolute atomic E-state index is 12.5. The van der Waals surface area contributed by atoms with Crippen molar-refractivity contribution in [1.29, 1.82) is 0 Å². The molecule has 0 bridgehead atoms. The largest absolute Gasteiger partial charge is 0.394 e. The fourth-order valence-corrected chi connectivity index (χ4v) is 8.95. The zero-order valence-electron chi connectivity index (χ0n) is 46.5. The Morgan fingerprint density at radius 3 is 1.00 bits per heavy atom. The lowest BCUT2D eigenvalue weighted by atomic mass is 10.0. The molecule has 0 aromatic rings. The van der Waals surface area contributed by atoms with Gasteiger partial charge in [-0.25, -0.2) is 0 Å². The third kappa shape index (κ3) is 56.2. The molecule has 0 heterocycles. The van der Waals surface area contributed by atoms with Gasteiger partial charge in [-0.05, 0) is 89.9 Å². The molecule has 0 rings (SSSR count). The monoisotopic (exact) mass is 972 g/mol. The quantitative estimate of drug-likeness (QED) is 0.0420. The van der Waals surface area contributed by atoms with Crippen LogP contribution in [-0.4, -0.2) is 34.9 Å². The van der Waals surface area contributed by atoms with Gasteiger partial charge in [0, 0.05) is 6.42 Å². The van der Waals surface area contributed by atoms with Crippen LogP contribution in [0.15, 0.2) is 97.2 Å². The van der Waals surface area contributed by atoms with Crippen molar-refractivity contribution in [3.63, 3.8) is 0 Å². The minimum atomic E-state index is -0.874. The third-order valence-corrected chi connectivity index (χ3v) is 13.5. The van der Waals surface area contributed by atoms with Gasteiger partial charge in [-0.1, -0.05) is 297 Å². The number of allylic oxidation sites excluding steroid dienone is 15. The highest BCUT2D eigenvalue weighted by Gasteiger charge is 2.18. The van der Waals surface area contributed by atoms with Crippen molar-refractivity contribution in [2.45, 2.75) is 309 Å².